The first kappa shape index (κ1) is 15.9. The van der Waals surface area contributed by atoms with E-state index < -0.39 is 0 Å². The Hall–Kier alpha value is -0.120. The van der Waals surface area contributed by atoms with Gasteiger partial charge in [0.05, 0.1) is 6.61 Å². The predicted molar refractivity (Wildman–Crippen MR) is 70.7 cm³/mol. The number of hydrogen-bond acceptors (Lipinski definition) is 3. The molecule has 2 unspecified atom stereocenters. The fraction of sp³-hybridized carbons (Fsp3) is 1.00. The third kappa shape index (κ3) is 5.28. The van der Waals surface area contributed by atoms with Gasteiger partial charge in [0.1, 0.15) is 0 Å². The summed E-state index contributed by atoms with van der Waals surface area (Å²) < 4.78 is 0. The second-order valence-corrected chi connectivity index (χ2v) is 5.50. The van der Waals surface area contributed by atoms with E-state index in [1.165, 1.54) is 0 Å². The van der Waals surface area contributed by atoms with E-state index in [-0.39, 0.29) is 12.1 Å². The van der Waals surface area contributed by atoms with E-state index in [0.29, 0.717) is 12.0 Å². The van der Waals surface area contributed by atoms with E-state index in [4.69, 9.17) is 0 Å². The maximum Gasteiger partial charge on any atom is 0.0611 e. The minimum atomic E-state index is -0.163. The summed E-state index contributed by atoms with van der Waals surface area (Å²) in [5.74, 6) is 0.692. The van der Waals surface area contributed by atoms with Gasteiger partial charge in [0.25, 0.3) is 0 Å². The fourth-order valence-corrected chi connectivity index (χ4v) is 2.12. The Morgan fingerprint density at radius 1 is 1.31 bits per heavy atom. The second-order valence-electron chi connectivity index (χ2n) is 5.50. The van der Waals surface area contributed by atoms with Gasteiger partial charge in [-0.3, -0.25) is 0 Å². The molecular formula is C13H30N2O. The molecule has 0 bridgehead atoms. The number of rotatable bonds is 8. The van der Waals surface area contributed by atoms with Crippen molar-refractivity contribution in [1.82, 2.24) is 10.2 Å². The number of aliphatic hydroxyl groups excluding tert-OH is 1. The maximum atomic E-state index is 9.39. The fourth-order valence-electron chi connectivity index (χ4n) is 2.12. The molecule has 2 atom stereocenters. The van der Waals surface area contributed by atoms with Crippen molar-refractivity contribution in [2.45, 2.75) is 52.6 Å². The lowest BCUT2D eigenvalue weighted by Gasteiger charge is -2.36. The molecule has 0 aromatic heterocycles. The third-order valence-electron chi connectivity index (χ3n) is 3.33. The van der Waals surface area contributed by atoms with Gasteiger partial charge in [-0.2, -0.15) is 0 Å². The molecule has 0 spiro atoms. The van der Waals surface area contributed by atoms with Crippen molar-refractivity contribution in [3.63, 3.8) is 0 Å². The molecule has 0 saturated carbocycles. The Labute approximate surface area is 101 Å². The van der Waals surface area contributed by atoms with Crippen molar-refractivity contribution in [3.8, 4) is 0 Å². The van der Waals surface area contributed by atoms with Crippen LogP contribution in [0.3, 0.4) is 0 Å². The molecule has 0 aromatic rings. The minimum absolute atomic E-state index is 0.163. The average Bonchev–Trinajstić information content (AvgIpc) is 2.25. The van der Waals surface area contributed by atoms with Crippen molar-refractivity contribution in [1.29, 1.82) is 0 Å². The van der Waals surface area contributed by atoms with Crippen molar-refractivity contribution >= 4 is 0 Å². The van der Waals surface area contributed by atoms with Crippen molar-refractivity contribution in [2.24, 2.45) is 5.92 Å². The standard InChI is InChI=1S/C13H30N2O/c1-7-15(9-11(2)3)12(4)8-13(5,10-16)14-6/h11-12,14,16H,7-10H2,1-6H3. The van der Waals surface area contributed by atoms with Crippen LogP contribution in [0.25, 0.3) is 0 Å². The number of nitrogens with zero attached hydrogens (tertiary/aromatic N) is 1. The summed E-state index contributed by atoms with van der Waals surface area (Å²) in [7, 11) is 1.92. The smallest absolute Gasteiger partial charge is 0.0611 e. The van der Waals surface area contributed by atoms with Gasteiger partial charge in [0.15, 0.2) is 0 Å². The van der Waals surface area contributed by atoms with E-state index in [9.17, 15) is 5.11 Å². The van der Waals surface area contributed by atoms with Crippen LogP contribution in [0.4, 0.5) is 0 Å². The number of likely N-dealkylation sites (N-methyl/N-ethyl adjacent to an activating group) is 1. The largest absolute Gasteiger partial charge is 0.394 e. The van der Waals surface area contributed by atoms with Crippen molar-refractivity contribution in [3.05, 3.63) is 0 Å². The molecule has 0 aliphatic heterocycles. The van der Waals surface area contributed by atoms with Crippen LogP contribution in [-0.2, 0) is 0 Å². The molecule has 98 valence electrons. The van der Waals surface area contributed by atoms with Crippen molar-refractivity contribution in [2.75, 3.05) is 26.7 Å². The summed E-state index contributed by atoms with van der Waals surface area (Å²) in [6.07, 6.45) is 0.973. The lowest BCUT2D eigenvalue weighted by molar-refractivity contribution is 0.115. The first-order valence-corrected chi connectivity index (χ1v) is 6.42. The zero-order chi connectivity index (χ0) is 12.8. The summed E-state index contributed by atoms with van der Waals surface area (Å²) in [4.78, 5) is 2.48. The molecular weight excluding hydrogens is 200 g/mol. The summed E-state index contributed by atoms with van der Waals surface area (Å²) in [5.41, 5.74) is -0.163. The van der Waals surface area contributed by atoms with Gasteiger partial charge in [-0.05, 0) is 39.8 Å². The van der Waals surface area contributed by atoms with E-state index in [2.05, 4.69) is 44.8 Å². The van der Waals surface area contributed by atoms with Crippen LogP contribution in [0.15, 0.2) is 0 Å². The summed E-state index contributed by atoms with van der Waals surface area (Å²) in [6, 6.07) is 0.497. The zero-order valence-corrected chi connectivity index (χ0v) is 11.9. The zero-order valence-electron chi connectivity index (χ0n) is 11.9. The lowest BCUT2D eigenvalue weighted by atomic mass is 9.93. The van der Waals surface area contributed by atoms with Gasteiger partial charge in [0, 0.05) is 18.1 Å². The highest BCUT2D eigenvalue weighted by molar-refractivity contribution is 4.85. The Bertz CT molecular complexity index is 179. The highest BCUT2D eigenvalue weighted by atomic mass is 16.3. The first-order valence-electron chi connectivity index (χ1n) is 6.42. The Kier molecular flexibility index (Phi) is 7.20. The third-order valence-corrected chi connectivity index (χ3v) is 3.33. The molecule has 3 nitrogen and oxygen atoms in total. The highest BCUT2D eigenvalue weighted by Gasteiger charge is 2.26. The van der Waals surface area contributed by atoms with Gasteiger partial charge in [0.2, 0.25) is 0 Å². The van der Waals surface area contributed by atoms with Gasteiger partial charge < -0.3 is 15.3 Å². The number of hydrogen-bond donors (Lipinski definition) is 2. The van der Waals surface area contributed by atoms with Crippen LogP contribution in [-0.4, -0.2) is 48.3 Å². The lowest BCUT2D eigenvalue weighted by Crippen LogP contribution is -2.49. The predicted octanol–water partition coefficient (Wildman–Crippen LogP) is 1.71. The van der Waals surface area contributed by atoms with Gasteiger partial charge in [-0.15, -0.1) is 0 Å². The normalized spacial score (nSPS) is 17.8. The SMILES string of the molecule is CCN(CC(C)C)C(C)CC(C)(CO)NC. The molecule has 2 N–H and O–H groups in total. The molecule has 3 heteroatoms. The molecule has 0 amide bonds. The van der Waals surface area contributed by atoms with Crippen LogP contribution >= 0.6 is 0 Å². The topological polar surface area (TPSA) is 35.5 Å². The maximum absolute atomic E-state index is 9.39. The van der Waals surface area contributed by atoms with Crippen LogP contribution in [0.1, 0.15) is 41.0 Å². The summed E-state index contributed by atoms with van der Waals surface area (Å²) in [6.45, 7) is 13.4. The Balaban J connectivity index is 4.34. The quantitative estimate of drug-likeness (QED) is 0.666. The van der Waals surface area contributed by atoms with E-state index in [0.717, 1.165) is 19.5 Å². The van der Waals surface area contributed by atoms with Crippen molar-refractivity contribution < 1.29 is 5.11 Å². The second kappa shape index (κ2) is 7.25. The van der Waals surface area contributed by atoms with Gasteiger partial charge in [-0.1, -0.05) is 20.8 Å². The molecule has 0 aliphatic carbocycles. The molecule has 0 aromatic carbocycles. The molecule has 0 rings (SSSR count). The highest BCUT2D eigenvalue weighted by Crippen LogP contribution is 2.16. The molecule has 0 heterocycles. The van der Waals surface area contributed by atoms with Crippen LogP contribution in [0, 0.1) is 5.92 Å². The average molecular weight is 230 g/mol. The molecule has 0 radical (unpaired) electrons. The molecule has 0 saturated heterocycles. The Morgan fingerprint density at radius 3 is 2.19 bits per heavy atom. The first-order chi connectivity index (χ1) is 7.38. The molecule has 16 heavy (non-hydrogen) atoms. The van der Waals surface area contributed by atoms with E-state index >= 15 is 0 Å². The van der Waals surface area contributed by atoms with E-state index in [1.807, 2.05) is 7.05 Å². The molecule has 0 aliphatic rings. The summed E-state index contributed by atoms with van der Waals surface area (Å²) >= 11 is 0. The number of nitrogens with one attached hydrogen (secondary N) is 1. The van der Waals surface area contributed by atoms with Crippen LogP contribution < -0.4 is 5.32 Å². The number of aliphatic hydroxyl groups is 1. The minimum Gasteiger partial charge on any atom is -0.394 e. The van der Waals surface area contributed by atoms with Gasteiger partial charge >= 0.3 is 0 Å². The van der Waals surface area contributed by atoms with Crippen LogP contribution in [0.5, 0.6) is 0 Å². The Morgan fingerprint density at radius 2 is 1.88 bits per heavy atom. The van der Waals surface area contributed by atoms with Crippen LogP contribution in [0.2, 0.25) is 0 Å². The summed E-state index contributed by atoms with van der Waals surface area (Å²) in [5, 5.41) is 12.6. The van der Waals surface area contributed by atoms with E-state index in [1.54, 1.807) is 0 Å². The van der Waals surface area contributed by atoms with Gasteiger partial charge in [-0.25, -0.2) is 0 Å². The monoisotopic (exact) mass is 230 g/mol. The molecule has 0 fully saturated rings.